The van der Waals surface area contributed by atoms with Crippen molar-refractivity contribution in [3.05, 3.63) is 33.2 Å². The van der Waals surface area contributed by atoms with Gasteiger partial charge >= 0.3 is 0 Å². The van der Waals surface area contributed by atoms with E-state index in [2.05, 4.69) is 10.3 Å². The topological polar surface area (TPSA) is 82.2 Å². The molecule has 5 nitrogen and oxygen atoms in total. The summed E-state index contributed by atoms with van der Waals surface area (Å²) in [6, 6.07) is 1.60. The molecule has 1 amide bonds. The number of nitrogens with one attached hydrogen (secondary N) is 2. The average Bonchev–Trinajstić information content (AvgIpc) is 2.24. The Labute approximate surface area is 102 Å². The molecule has 0 saturated carbocycles. The van der Waals surface area contributed by atoms with Crippen molar-refractivity contribution in [1.29, 1.82) is 0 Å². The van der Waals surface area contributed by atoms with Gasteiger partial charge in [0, 0.05) is 12.2 Å². The van der Waals surface area contributed by atoms with Crippen LogP contribution < -0.4 is 10.9 Å². The smallest absolute Gasteiger partial charge is 0.265 e. The second-order valence-electron chi connectivity index (χ2n) is 3.95. The zero-order valence-electron chi connectivity index (χ0n) is 9.96. The van der Waals surface area contributed by atoms with Gasteiger partial charge in [-0.2, -0.15) is 0 Å². The molecule has 100 valence electrons. The number of alkyl halides is 2. The van der Waals surface area contributed by atoms with Crippen molar-refractivity contribution in [3.63, 3.8) is 0 Å². The second-order valence-corrected chi connectivity index (χ2v) is 3.95. The first kappa shape index (κ1) is 14.3. The summed E-state index contributed by atoms with van der Waals surface area (Å²) in [6.07, 6.45) is -4.89. The summed E-state index contributed by atoms with van der Waals surface area (Å²) in [5.74, 6) is -0.784. The van der Waals surface area contributed by atoms with Gasteiger partial charge in [0.15, 0.2) is 0 Å². The Morgan fingerprint density at radius 3 is 2.61 bits per heavy atom. The van der Waals surface area contributed by atoms with E-state index in [9.17, 15) is 18.4 Å². The Balaban J connectivity index is 2.83. The fourth-order valence-electron chi connectivity index (χ4n) is 1.51. The van der Waals surface area contributed by atoms with Gasteiger partial charge in [0.25, 0.3) is 17.9 Å². The number of aromatic amines is 1. The number of aliphatic hydroxyl groups excluding tert-OH is 1. The number of aliphatic hydroxyl groups is 1. The largest absolute Gasteiger partial charge is 0.385 e. The highest BCUT2D eigenvalue weighted by Crippen LogP contribution is 2.04. The molecule has 1 unspecified atom stereocenters. The number of H-pyrrole nitrogens is 1. The van der Waals surface area contributed by atoms with Gasteiger partial charge in [0.2, 0.25) is 0 Å². The van der Waals surface area contributed by atoms with Crippen molar-refractivity contribution in [3.8, 4) is 0 Å². The number of amides is 1. The molecule has 1 aromatic heterocycles. The number of aryl methyl sites for hydroxylation is 2. The molecule has 1 heterocycles. The Bertz CT molecular complexity index is 500. The number of carbonyl (C=O) groups is 1. The second kappa shape index (κ2) is 5.72. The zero-order chi connectivity index (χ0) is 13.9. The van der Waals surface area contributed by atoms with E-state index in [0.717, 1.165) is 0 Å². The van der Waals surface area contributed by atoms with E-state index < -0.39 is 30.5 Å². The van der Waals surface area contributed by atoms with E-state index in [0.29, 0.717) is 11.3 Å². The maximum atomic E-state index is 12.0. The van der Waals surface area contributed by atoms with Crippen molar-refractivity contribution >= 4 is 5.91 Å². The Morgan fingerprint density at radius 1 is 1.50 bits per heavy atom. The van der Waals surface area contributed by atoms with Gasteiger partial charge in [-0.3, -0.25) is 9.59 Å². The predicted molar refractivity (Wildman–Crippen MR) is 60.9 cm³/mol. The molecule has 1 aromatic rings. The number of aromatic nitrogens is 1. The van der Waals surface area contributed by atoms with Crippen LogP contribution in [0.1, 0.15) is 21.6 Å². The number of halogens is 2. The van der Waals surface area contributed by atoms with Gasteiger partial charge < -0.3 is 15.4 Å². The van der Waals surface area contributed by atoms with Gasteiger partial charge in [-0.25, -0.2) is 8.78 Å². The highest BCUT2D eigenvalue weighted by atomic mass is 19.3. The monoisotopic (exact) mass is 260 g/mol. The number of hydrogen-bond donors (Lipinski definition) is 3. The minimum absolute atomic E-state index is 0.137. The molecule has 0 spiro atoms. The highest BCUT2D eigenvalue weighted by Gasteiger charge is 2.20. The predicted octanol–water partition coefficient (Wildman–Crippen LogP) is 0.348. The summed E-state index contributed by atoms with van der Waals surface area (Å²) in [5, 5.41) is 10.9. The Hall–Kier alpha value is -1.76. The maximum Gasteiger partial charge on any atom is 0.265 e. The van der Waals surface area contributed by atoms with Crippen molar-refractivity contribution < 1.29 is 18.7 Å². The first-order valence-electron chi connectivity index (χ1n) is 5.28. The maximum absolute atomic E-state index is 12.0. The lowest BCUT2D eigenvalue weighted by molar-refractivity contribution is -0.00271. The minimum Gasteiger partial charge on any atom is -0.385 e. The summed E-state index contributed by atoms with van der Waals surface area (Å²) in [6.45, 7) is 2.63. The van der Waals surface area contributed by atoms with Gasteiger partial charge in [0.05, 0.1) is 0 Å². The lowest BCUT2D eigenvalue weighted by Gasteiger charge is -2.11. The van der Waals surface area contributed by atoms with Crippen molar-refractivity contribution in [2.24, 2.45) is 0 Å². The molecule has 18 heavy (non-hydrogen) atoms. The van der Waals surface area contributed by atoms with Crippen LogP contribution in [0.3, 0.4) is 0 Å². The Kier molecular flexibility index (Phi) is 4.55. The van der Waals surface area contributed by atoms with Crippen LogP contribution in [0.5, 0.6) is 0 Å². The third-order valence-electron chi connectivity index (χ3n) is 2.35. The first-order valence-corrected chi connectivity index (χ1v) is 5.28. The minimum atomic E-state index is -2.94. The molecular formula is C11H14F2N2O3. The van der Waals surface area contributed by atoms with E-state index in [4.69, 9.17) is 5.11 Å². The SMILES string of the molecule is Cc1cc(C)c(C(=O)NCC(O)C(F)F)c(=O)[nH]1. The molecule has 3 N–H and O–H groups in total. The van der Waals surface area contributed by atoms with Crippen LogP contribution >= 0.6 is 0 Å². The summed E-state index contributed by atoms with van der Waals surface area (Å²) >= 11 is 0. The van der Waals surface area contributed by atoms with Crippen LogP contribution in [-0.2, 0) is 0 Å². The van der Waals surface area contributed by atoms with E-state index in [-0.39, 0.29) is 5.56 Å². The molecule has 0 bridgehead atoms. The van der Waals surface area contributed by atoms with Crippen molar-refractivity contribution in [1.82, 2.24) is 10.3 Å². The molecule has 1 rings (SSSR count). The summed E-state index contributed by atoms with van der Waals surface area (Å²) < 4.78 is 24.0. The first-order chi connectivity index (χ1) is 8.32. The lowest BCUT2D eigenvalue weighted by Crippen LogP contribution is -2.38. The van der Waals surface area contributed by atoms with Crippen molar-refractivity contribution in [2.75, 3.05) is 6.54 Å². The van der Waals surface area contributed by atoms with Gasteiger partial charge in [0.1, 0.15) is 11.7 Å². The molecule has 0 radical (unpaired) electrons. The van der Waals surface area contributed by atoms with Crippen LogP contribution in [0.15, 0.2) is 10.9 Å². The molecule has 0 saturated heterocycles. The van der Waals surface area contributed by atoms with Crippen molar-refractivity contribution in [2.45, 2.75) is 26.4 Å². The number of carbonyl (C=O) groups excluding carboxylic acids is 1. The van der Waals surface area contributed by atoms with E-state index in [1.807, 2.05) is 0 Å². The summed E-state index contributed by atoms with van der Waals surface area (Å²) in [4.78, 5) is 25.6. The van der Waals surface area contributed by atoms with Gasteiger partial charge in [-0.1, -0.05) is 0 Å². The molecule has 0 aromatic carbocycles. The van der Waals surface area contributed by atoms with Crippen LogP contribution in [0, 0.1) is 13.8 Å². The summed E-state index contributed by atoms with van der Waals surface area (Å²) in [7, 11) is 0. The van der Waals surface area contributed by atoms with E-state index in [1.165, 1.54) is 0 Å². The standard InChI is InChI=1S/C11H14F2N2O3/c1-5-3-6(2)15-11(18)8(5)10(17)14-4-7(16)9(12)13/h3,7,9,16H,4H2,1-2H3,(H,14,17)(H,15,18). The fraction of sp³-hybridized carbons (Fsp3) is 0.455. The highest BCUT2D eigenvalue weighted by molar-refractivity contribution is 5.95. The zero-order valence-corrected chi connectivity index (χ0v) is 9.96. The molecular weight excluding hydrogens is 246 g/mol. The molecule has 7 heteroatoms. The third kappa shape index (κ3) is 3.36. The average molecular weight is 260 g/mol. The Morgan fingerprint density at radius 2 is 2.11 bits per heavy atom. The quantitative estimate of drug-likeness (QED) is 0.730. The van der Waals surface area contributed by atoms with E-state index in [1.54, 1.807) is 19.9 Å². The van der Waals surface area contributed by atoms with Gasteiger partial charge in [-0.05, 0) is 25.5 Å². The normalized spacial score (nSPS) is 12.6. The molecule has 0 fully saturated rings. The number of pyridine rings is 1. The van der Waals surface area contributed by atoms with Gasteiger partial charge in [-0.15, -0.1) is 0 Å². The van der Waals surface area contributed by atoms with Crippen LogP contribution in [0.25, 0.3) is 0 Å². The molecule has 0 aliphatic carbocycles. The summed E-state index contributed by atoms with van der Waals surface area (Å²) in [5.41, 5.74) is 0.320. The number of rotatable bonds is 4. The lowest BCUT2D eigenvalue weighted by atomic mass is 10.1. The van der Waals surface area contributed by atoms with Crippen LogP contribution in [0.4, 0.5) is 8.78 Å². The fourth-order valence-corrected chi connectivity index (χ4v) is 1.51. The molecule has 0 aliphatic heterocycles. The van der Waals surface area contributed by atoms with E-state index >= 15 is 0 Å². The van der Waals surface area contributed by atoms with Crippen LogP contribution in [0.2, 0.25) is 0 Å². The molecule has 0 aliphatic rings. The molecule has 1 atom stereocenters. The third-order valence-corrected chi connectivity index (χ3v) is 2.35. The van der Waals surface area contributed by atoms with Crippen LogP contribution in [-0.4, -0.2) is 35.1 Å². The number of hydrogen-bond acceptors (Lipinski definition) is 3.